The van der Waals surface area contributed by atoms with Gasteiger partial charge in [-0.05, 0) is 24.6 Å². The van der Waals surface area contributed by atoms with Crippen LogP contribution in [0.5, 0.6) is 0 Å². The number of hydrogen-bond donors (Lipinski definition) is 2. The van der Waals surface area contributed by atoms with Gasteiger partial charge < -0.3 is 9.88 Å². The number of rotatable bonds is 6. The van der Waals surface area contributed by atoms with Crippen LogP contribution in [0.2, 0.25) is 0 Å². The zero-order chi connectivity index (χ0) is 17.0. The third kappa shape index (κ3) is 4.78. The second-order valence-corrected chi connectivity index (χ2v) is 7.42. The van der Waals surface area contributed by atoms with Crippen molar-refractivity contribution in [2.75, 3.05) is 5.75 Å². The van der Waals surface area contributed by atoms with Crippen molar-refractivity contribution >= 4 is 27.7 Å². The average molecular weight is 355 g/mol. The molecule has 3 N–H and O–H groups in total. The molecule has 0 aliphatic carbocycles. The second kappa shape index (κ2) is 7.11. The maximum atomic E-state index is 12.0. The summed E-state index contributed by atoms with van der Waals surface area (Å²) in [5.41, 5.74) is 0.786. The number of sulfonamides is 1. The Morgan fingerprint density at radius 2 is 2.04 bits per heavy atom. The minimum absolute atomic E-state index is 0.0395. The number of hydrogen-bond acceptors (Lipinski definition) is 6. The van der Waals surface area contributed by atoms with Crippen LogP contribution in [0.25, 0.3) is 0 Å². The van der Waals surface area contributed by atoms with E-state index in [2.05, 4.69) is 15.5 Å². The first-order chi connectivity index (χ1) is 10.8. The summed E-state index contributed by atoms with van der Waals surface area (Å²) < 4.78 is 24.1. The lowest BCUT2D eigenvalue weighted by atomic mass is 10.1. The van der Waals surface area contributed by atoms with Gasteiger partial charge in [-0.2, -0.15) is 0 Å². The van der Waals surface area contributed by atoms with Crippen LogP contribution in [0.4, 0.5) is 0 Å². The Bertz CT molecular complexity index is 786. The first-order valence-corrected chi connectivity index (χ1v) is 9.19. The number of primary sulfonamides is 1. The molecule has 10 heteroatoms. The van der Waals surface area contributed by atoms with Crippen molar-refractivity contribution in [1.82, 2.24) is 20.1 Å². The summed E-state index contributed by atoms with van der Waals surface area (Å²) in [6.45, 7) is 1.82. The highest BCUT2D eigenvalue weighted by molar-refractivity contribution is 7.99. The number of benzene rings is 1. The van der Waals surface area contributed by atoms with Gasteiger partial charge in [0.15, 0.2) is 5.16 Å². The molecule has 0 spiro atoms. The molecule has 1 aromatic carbocycles. The molecule has 0 fully saturated rings. The number of carbonyl (C=O) groups is 1. The Morgan fingerprint density at radius 1 is 1.39 bits per heavy atom. The van der Waals surface area contributed by atoms with Gasteiger partial charge >= 0.3 is 0 Å². The number of carbonyl (C=O) groups excluding carboxylic acids is 1. The quantitative estimate of drug-likeness (QED) is 0.725. The minimum atomic E-state index is -3.71. The van der Waals surface area contributed by atoms with Crippen LogP contribution in [0.15, 0.2) is 40.6 Å². The lowest BCUT2D eigenvalue weighted by Crippen LogP contribution is -2.28. The third-order valence-corrected chi connectivity index (χ3v) is 5.05. The van der Waals surface area contributed by atoms with Crippen molar-refractivity contribution in [2.45, 2.75) is 23.0 Å². The molecule has 0 radical (unpaired) electrons. The van der Waals surface area contributed by atoms with Gasteiger partial charge in [0.2, 0.25) is 15.9 Å². The molecule has 1 amide bonds. The monoisotopic (exact) mass is 355 g/mol. The van der Waals surface area contributed by atoms with Crippen LogP contribution < -0.4 is 10.5 Å². The van der Waals surface area contributed by atoms with E-state index < -0.39 is 10.0 Å². The standard InChI is InChI=1S/C13H17N5O3S2/c1-9(10-3-5-11(6-4-10)23(14,20)21)16-12(19)7-22-13-17-15-8-18(13)2/h3-6,8-9H,7H2,1-2H3,(H,16,19)(H2,14,20,21)/t9-/m1/s1. The Morgan fingerprint density at radius 3 is 2.57 bits per heavy atom. The highest BCUT2D eigenvalue weighted by atomic mass is 32.2. The van der Waals surface area contributed by atoms with Crippen molar-refractivity contribution in [3.05, 3.63) is 36.2 Å². The average Bonchev–Trinajstić information content (AvgIpc) is 2.89. The zero-order valence-electron chi connectivity index (χ0n) is 12.6. The number of nitrogens with zero attached hydrogens (tertiary/aromatic N) is 3. The van der Waals surface area contributed by atoms with E-state index in [0.717, 1.165) is 5.56 Å². The summed E-state index contributed by atoms with van der Waals surface area (Å²) in [5, 5.41) is 16.2. The molecule has 0 saturated carbocycles. The predicted molar refractivity (Wildman–Crippen MR) is 86.1 cm³/mol. The van der Waals surface area contributed by atoms with Crippen molar-refractivity contribution < 1.29 is 13.2 Å². The van der Waals surface area contributed by atoms with E-state index >= 15 is 0 Å². The van der Waals surface area contributed by atoms with Crippen molar-refractivity contribution in [2.24, 2.45) is 12.2 Å². The molecule has 2 rings (SSSR count). The number of aryl methyl sites for hydroxylation is 1. The molecule has 1 atom stereocenters. The summed E-state index contributed by atoms with van der Waals surface area (Å²) in [5.74, 6) is 0.0626. The lowest BCUT2D eigenvalue weighted by molar-refractivity contribution is -0.119. The molecule has 23 heavy (non-hydrogen) atoms. The van der Waals surface area contributed by atoms with E-state index in [9.17, 15) is 13.2 Å². The first kappa shape index (κ1) is 17.4. The van der Waals surface area contributed by atoms with Crippen LogP contribution in [-0.4, -0.2) is 34.8 Å². The lowest BCUT2D eigenvalue weighted by Gasteiger charge is -2.14. The molecule has 1 heterocycles. The summed E-state index contributed by atoms with van der Waals surface area (Å²) in [7, 11) is -1.91. The van der Waals surface area contributed by atoms with Crippen molar-refractivity contribution in [3.63, 3.8) is 0 Å². The summed E-state index contributed by atoms with van der Waals surface area (Å²) in [6, 6.07) is 5.83. The van der Waals surface area contributed by atoms with Crippen molar-refractivity contribution in [3.8, 4) is 0 Å². The maximum Gasteiger partial charge on any atom is 0.238 e. The van der Waals surface area contributed by atoms with Gasteiger partial charge in [0.25, 0.3) is 0 Å². The third-order valence-electron chi connectivity index (χ3n) is 3.09. The fourth-order valence-electron chi connectivity index (χ4n) is 1.85. The predicted octanol–water partition coefficient (Wildman–Crippen LogP) is 0.432. The SMILES string of the molecule is C[C@@H](NC(=O)CSc1nncn1C)c1ccc(S(N)(=O)=O)cc1. The van der Waals surface area contributed by atoms with Crippen LogP contribution in [0, 0.1) is 0 Å². The largest absolute Gasteiger partial charge is 0.349 e. The topological polar surface area (TPSA) is 120 Å². The van der Waals surface area contributed by atoms with Gasteiger partial charge in [-0.15, -0.1) is 10.2 Å². The van der Waals surface area contributed by atoms with E-state index in [1.165, 1.54) is 23.9 Å². The number of thioether (sulfide) groups is 1. The van der Waals surface area contributed by atoms with E-state index in [1.807, 2.05) is 6.92 Å². The van der Waals surface area contributed by atoms with Crippen LogP contribution >= 0.6 is 11.8 Å². The molecule has 0 aliphatic heterocycles. The normalized spacial score (nSPS) is 12.8. The number of nitrogens with two attached hydrogens (primary N) is 1. The highest BCUT2D eigenvalue weighted by Crippen LogP contribution is 2.17. The Kier molecular flexibility index (Phi) is 5.39. The van der Waals surface area contributed by atoms with Gasteiger partial charge in [0, 0.05) is 7.05 Å². The molecule has 124 valence electrons. The van der Waals surface area contributed by atoms with Gasteiger partial charge in [-0.25, -0.2) is 13.6 Å². The van der Waals surface area contributed by atoms with Gasteiger partial charge in [0.05, 0.1) is 16.7 Å². The maximum absolute atomic E-state index is 12.0. The molecule has 2 aromatic rings. The molecule has 1 aromatic heterocycles. The zero-order valence-corrected chi connectivity index (χ0v) is 14.3. The minimum Gasteiger partial charge on any atom is -0.349 e. The number of aromatic nitrogens is 3. The number of nitrogens with one attached hydrogen (secondary N) is 1. The van der Waals surface area contributed by atoms with E-state index in [-0.39, 0.29) is 22.6 Å². The van der Waals surface area contributed by atoms with Gasteiger partial charge in [-0.1, -0.05) is 23.9 Å². The Labute approximate surface area is 138 Å². The fraction of sp³-hybridized carbons (Fsp3) is 0.308. The van der Waals surface area contributed by atoms with Crippen LogP contribution in [0.3, 0.4) is 0 Å². The summed E-state index contributed by atoms with van der Waals surface area (Å²) >= 11 is 1.29. The van der Waals surface area contributed by atoms with E-state index in [0.29, 0.717) is 5.16 Å². The van der Waals surface area contributed by atoms with Gasteiger partial charge in [0.1, 0.15) is 6.33 Å². The van der Waals surface area contributed by atoms with Crippen LogP contribution in [-0.2, 0) is 21.9 Å². The molecular formula is C13H17N5O3S2. The molecular weight excluding hydrogens is 338 g/mol. The van der Waals surface area contributed by atoms with Crippen molar-refractivity contribution in [1.29, 1.82) is 0 Å². The molecule has 8 nitrogen and oxygen atoms in total. The molecule has 0 saturated heterocycles. The Hall–Kier alpha value is -1.91. The second-order valence-electron chi connectivity index (χ2n) is 4.92. The summed E-state index contributed by atoms with van der Waals surface area (Å²) in [6.07, 6.45) is 1.57. The summed E-state index contributed by atoms with van der Waals surface area (Å²) in [4.78, 5) is 12.0. The molecule has 0 bridgehead atoms. The van der Waals surface area contributed by atoms with Gasteiger partial charge in [-0.3, -0.25) is 4.79 Å². The molecule has 0 aliphatic rings. The number of amides is 1. The van der Waals surface area contributed by atoms with Crippen LogP contribution in [0.1, 0.15) is 18.5 Å². The fourth-order valence-corrected chi connectivity index (χ4v) is 3.06. The first-order valence-electron chi connectivity index (χ1n) is 6.66. The highest BCUT2D eigenvalue weighted by Gasteiger charge is 2.13. The Balaban J connectivity index is 1.92. The smallest absolute Gasteiger partial charge is 0.238 e. The molecule has 0 unspecified atom stereocenters. The van der Waals surface area contributed by atoms with E-state index in [4.69, 9.17) is 5.14 Å². The van der Waals surface area contributed by atoms with E-state index in [1.54, 1.807) is 30.1 Å².